The Morgan fingerprint density at radius 2 is 1.10 bits per heavy atom. The van der Waals surface area contributed by atoms with Gasteiger partial charge in [0.2, 0.25) is 0 Å². The van der Waals surface area contributed by atoms with Gasteiger partial charge in [-0.05, 0) is 69.3 Å². The minimum Gasteiger partial charge on any atom is -0.494 e. The first-order chi connectivity index (χ1) is 14.0. The van der Waals surface area contributed by atoms with Gasteiger partial charge in [-0.2, -0.15) is 0 Å². The zero-order chi connectivity index (χ0) is 21.1. The molecule has 2 aromatic rings. The molecular formula is C23H28O6. The summed E-state index contributed by atoms with van der Waals surface area (Å²) in [6.07, 6.45) is -0.600. The Balaban J connectivity index is 1.94. The summed E-state index contributed by atoms with van der Waals surface area (Å²) in [5.41, 5.74) is 0.317. The number of rotatable bonds is 12. The van der Waals surface area contributed by atoms with Crippen LogP contribution in [-0.4, -0.2) is 38.5 Å². The van der Waals surface area contributed by atoms with Crippen molar-refractivity contribution in [3.63, 3.8) is 0 Å². The van der Waals surface area contributed by atoms with Crippen LogP contribution in [-0.2, 0) is 9.53 Å². The molecule has 0 radical (unpaired) electrons. The lowest BCUT2D eigenvalue weighted by atomic mass is 10.3. The molecule has 0 heterocycles. The lowest BCUT2D eigenvalue weighted by Crippen LogP contribution is -2.31. The van der Waals surface area contributed by atoms with Crippen LogP contribution in [0.25, 0.3) is 0 Å². The molecule has 2 rings (SSSR count). The summed E-state index contributed by atoms with van der Waals surface area (Å²) in [6.45, 7) is 10.5. The highest BCUT2D eigenvalue weighted by molar-refractivity contribution is 5.87. The molecule has 0 saturated carbocycles. The monoisotopic (exact) mass is 400 g/mol. The predicted molar refractivity (Wildman–Crippen MR) is 111 cm³/mol. The quantitative estimate of drug-likeness (QED) is 0.388. The van der Waals surface area contributed by atoms with Gasteiger partial charge < -0.3 is 23.7 Å². The zero-order valence-corrected chi connectivity index (χ0v) is 17.2. The largest absolute Gasteiger partial charge is 0.494 e. The lowest BCUT2D eigenvalue weighted by Gasteiger charge is -2.19. The van der Waals surface area contributed by atoms with Gasteiger partial charge in [-0.3, -0.25) is 0 Å². The molecule has 0 atom stereocenters. The molecule has 156 valence electrons. The number of ether oxygens (including phenoxy) is 5. The van der Waals surface area contributed by atoms with E-state index in [1.807, 2.05) is 38.1 Å². The molecule has 0 amide bonds. The summed E-state index contributed by atoms with van der Waals surface area (Å²) in [7, 11) is 0. The molecule has 0 saturated heterocycles. The Morgan fingerprint density at radius 1 is 0.759 bits per heavy atom. The maximum Gasteiger partial charge on any atom is 0.333 e. The van der Waals surface area contributed by atoms with Crippen molar-refractivity contribution in [2.75, 3.05) is 26.4 Å². The second kappa shape index (κ2) is 11.6. The molecule has 0 aliphatic rings. The van der Waals surface area contributed by atoms with Gasteiger partial charge in [-0.1, -0.05) is 6.58 Å². The summed E-state index contributed by atoms with van der Waals surface area (Å²) in [5, 5.41) is 0. The smallest absolute Gasteiger partial charge is 0.333 e. The van der Waals surface area contributed by atoms with Gasteiger partial charge in [0, 0.05) is 5.57 Å². The molecule has 6 nitrogen and oxygen atoms in total. The summed E-state index contributed by atoms with van der Waals surface area (Å²) in [4.78, 5) is 11.9. The van der Waals surface area contributed by atoms with E-state index in [2.05, 4.69) is 6.58 Å². The molecule has 0 unspecified atom stereocenters. The Kier molecular flexibility index (Phi) is 8.89. The van der Waals surface area contributed by atoms with E-state index in [0.717, 1.165) is 11.5 Å². The number of carbonyl (C=O) groups excluding carboxylic acids is 1. The van der Waals surface area contributed by atoms with Crippen LogP contribution in [0, 0.1) is 0 Å². The van der Waals surface area contributed by atoms with Gasteiger partial charge in [-0.25, -0.2) is 4.79 Å². The van der Waals surface area contributed by atoms with Gasteiger partial charge in [0.05, 0.1) is 13.2 Å². The van der Waals surface area contributed by atoms with Crippen molar-refractivity contribution in [2.24, 2.45) is 0 Å². The molecule has 0 N–H and O–H groups in total. The first-order valence-electron chi connectivity index (χ1n) is 9.59. The first-order valence-corrected chi connectivity index (χ1v) is 9.59. The zero-order valence-electron chi connectivity index (χ0n) is 17.2. The molecule has 6 heteroatoms. The third-order valence-corrected chi connectivity index (χ3v) is 3.76. The minimum absolute atomic E-state index is 0.143. The predicted octanol–water partition coefficient (Wildman–Crippen LogP) is 4.43. The molecule has 0 aliphatic heterocycles. The van der Waals surface area contributed by atoms with Crippen molar-refractivity contribution >= 4 is 5.97 Å². The highest BCUT2D eigenvalue weighted by atomic mass is 16.6. The third-order valence-electron chi connectivity index (χ3n) is 3.76. The van der Waals surface area contributed by atoms with Crippen molar-refractivity contribution < 1.29 is 28.5 Å². The van der Waals surface area contributed by atoms with Crippen LogP contribution in [0.1, 0.15) is 20.8 Å². The first kappa shape index (κ1) is 22.1. The van der Waals surface area contributed by atoms with Crippen LogP contribution in [0.3, 0.4) is 0 Å². The average Bonchev–Trinajstić information content (AvgIpc) is 2.72. The fourth-order valence-corrected chi connectivity index (χ4v) is 2.34. The summed E-state index contributed by atoms with van der Waals surface area (Å²) >= 11 is 0. The van der Waals surface area contributed by atoms with E-state index in [1.165, 1.54) is 0 Å². The minimum atomic E-state index is -0.600. The molecule has 0 aliphatic carbocycles. The molecule has 2 aromatic carbocycles. The molecule has 0 spiro atoms. The summed E-state index contributed by atoms with van der Waals surface area (Å²) in [6, 6.07) is 14.5. The highest BCUT2D eigenvalue weighted by Crippen LogP contribution is 2.20. The van der Waals surface area contributed by atoms with E-state index in [0.29, 0.717) is 30.3 Å². The number of benzene rings is 2. The van der Waals surface area contributed by atoms with E-state index in [-0.39, 0.29) is 13.2 Å². The van der Waals surface area contributed by atoms with Crippen LogP contribution in [0.15, 0.2) is 60.7 Å². The molecule has 0 aromatic heterocycles. The Hall–Kier alpha value is -3.15. The third kappa shape index (κ3) is 7.78. The number of hydrogen-bond acceptors (Lipinski definition) is 6. The van der Waals surface area contributed by atoms with Crippen LogP contribution in [0.4, 0.5) is 0 Å². The summed E-state index contributed by atoms with van der Waals surface area (Å²) < 4.78 is 27.8. The van der Waals surface area contributed by atoms with Gasteiger partial charge >= 0.3 is 5.97 Å². The van der Waals surface area contributed by atoms with Gasteiger partial charge in [0.15, 0.2) is 6.10 Å². The van der Waals surface area contributed by atoms with Crippen molar-refractivity contribution in [1.29, 1.82) is 0 Å². The van der Waals surface area contributed by atoms with Crippen molar-refractivity contribution in [3.05, 3.63) is 60.7 Å². The van der Waals surface area contributed by atoms with Crippen molar-refractivity contribution in [1.82, 2.24) is 0 Å². The fraction of sp³-hybridized carbons (Fsp3) is 0.348. The molecular weight excluding hydrogens is 372 g/mol. The molecule has 29 heavy (non-hydrogen) atoms. The topological polar surface area (TPSA) is 63.2 Å². The Bertz CT molecular complexity index is 713. The van der Waals surface area contributed by atoms with Crippen LogP contribution in [0.5, 0.6) is 23.0 Å². The van der Waals surface area contributed by atoms with E-state index in [1.54, 1.807) is 31.2 Å². The van der Waals surface area contributed by atoms with Gasteiger partial charge in [0.1, 0.15) is 36.2 Å². The number of hydrogen-bond donors (Lipinski definition) is 0. The van der Waals surface area contributed by atoms with Gasteiger partial charge in [0.25, 0.3) is 0 Å². The van der Waals surface area contributed by atoms with Crippen LogP contribution < -0.4 is 18.9 Å². The summed E-state index contributed by atoms with van der Waals surface area (Å²) in [5.74, 6) is 2.34. The Labute approximate surface area is 172 Å². The van der Waals surface area contributed by atoms with E-state index >= 15 is 0 Å². The maximum absolute atomic E-state index is 11.9. The second-order valence-corrected chi connectivity index (χ2v) is 6.24. The molecule has 0 bridgehead atoms. The second-order valence-electron chi connectivity index (χ2n) is 6.24. The average molecular weight is 400 g/mol. The lowest BCUT2D eigenvalue weighted by molar-refractivity contribution is -0.147. The van der Waals surface area contributed by atoms with Crippen molar-refractivity contribution in [2.45, 2.75) is 26.9 Å². The normalized spacial score (nSPS) is 10.3. The van der Waals surface area contributed by atoms with Crippen LogP contribution >= 0.6 is 0 Å². The van der Waals surface area contributed by atoms with E-state index < -0.39 is 12.1 Å². The number of carbonyl (C=O) groups is 1. The van der Waals surface area contributed by atoms with E-state index in [4.69, 9.17) is 23.7 Å². The fourth-order valence-electron chi connectivity index (χ4n) is 2.34. The van der Waals surface area contributed by atoms with Crippen LogP contribution in [0.2, 0.25) is 0 Å². The Morgan fingerprint density at radius 3 is 1.41 bits per heavy atom. The van der Waals surface area contributed by atoms with Crippen molar-refractivity contribution in [3.8, 4) is 23.0 Å². The maximum atomic E-state index is 11.9. The molecule has 0 fully saturated rings. The highest BCUT2D eigenvalue weighted by Gasteiger charge is 2.17. The van der Waals surface area contributed by atoms with Gasteiger partial charge in [-0.15, -0.1) is 0 Å². The van der Waals surface area contributed by atoms with E-state index in [9.17, 15) is 4.79 Å². The SMILES string of the molecule is C=C(C)C(=O)OC(COc1ccc(OCC)cc1)COc1ccc(OCC)cc1. The number of esters is 1. The standard InChI is InChI=1S/C23H28O6/c1-5-25-18-7-11-20(12-8-18)27-15-22(29-23(24)17(3)4)16-28-21-13-9-19(10-14-21)26-6-2/h7-14,22H,3,5-6,15-16H2,1-2,4H3.